The summed E-state index contributed by atoms with van der Waals surface area (Å²) in [6.45, 7) is 4.50. The van der Waals surface area contributed by atoms with Crippen molar-refractivity contribution in [1.29, 1.82) is 0 Å². The van der Waals surface area contributed by atoms with Crippen molar-refractivity contribution < 1.29 is 9.59 Å². The summed E-state index contributed by atoms with van der Waals surface area (Å²) in [6, 6.07) is 27.1. The molecule has 0 aliphatic carbocycles. The lowest BCUT2D eigenvalue weighted by Gasteiger charge is -2.40. The predicted molar refractivity (Wildman–Crippen MR) is 131 cm³/mol. The average Bonchev–Trinajstić information content (AvgIpc) is 2.86. The zero-order chi connectivity index (χ0) is 23.2. The number of hydrogen-bond acceptors (Lipinski definition) is 3. The maximum Gasteiger partial charge on any atom is 0.251 e. The fourth-order valence-corrected chi connectivity index (χ4v) is 4.43. The molecule has 1 N–H and O–H groups in total. The molecule has 0 aromatic heterocycles. The van der Waals surface area contributed by atoms with Crippen LogP contribution in [-0.4, -0.2) is 53.8 Å². The third-order valence-electron chi connectivity index (χ3n) is 6.05. The molecule has 170 valence electrons. The minimum Gasteiger partial charge on any atom is -0.341 e. The number of nitrogens with zero attached hydrogens (tertiary/aromatic N) is 2. The molecule has 2 amide bonds. The Kier molecular flexibility index (Phi) is 7.43. The zero-order valence-electron chi connectivity index (χ0n) is 18.7. The average molecular weight is 462 g/mol. The molecule has 1 unspecified atom stereocenters. The van der Waals surface area contributed by atoms with Gasteiger partial charge in [-0.1, -0.05) is 72.3 Å². The molecule has 0 radical (unpaired) electrons. The second kappa shape index (κ2) is 10.6. The summed E-state index contributed by atoms with van der Waals surface area (Å²) in [5.41, 5.74) is 2.97. The van der Waals surface area contributed by atoms with Crippen LogP contribution in [0.15, 0.2) is 84.9 Å². The number of benzene rings is 3. The van der Waals surface area contributed by atoms with E-state index in [1.807, 2.05) is 17.0 Å². The first-order chi connectivity index (χ1) is 16.0. The summed E-state index contributed by atoms with van der Waals surface area (Å²) in [5.74, 6) is -0.340. The molecule has 33 heavy (non-hydrogen) atoms. The fraction of sp³-hybridized carbons (Fsp3) is 0.259. The van der Waals surface area contributed by atoms with E-state index in [1.54, 1.807) is 31.2 Å². The van der Waals surface area contributed by atoms with Gasteiger partial charge in [-0.05, 0) is 42.3 Å². The SMILES string of the molecule is CC(NC(=O)c1ccc(Cl)cc1)C(=O)N1CCN(C(c2ccccc2)c2ccccc2)CC1. The molecular weight excluding hydrogens is 434 g/mol. The Balaban J connectivity index is 1.39. The number of rotatable bonds is 6. The van der Waals surface area contributed by atoms with Crippen LogP contribution in [0.4, 0.5) is 0 Å². The van der Waals surface area contributed by atoms with Crippen LogP contribution in [0.5, 0.6) is 0 Å². The number of carbonyl (C=O) groups is 2. The van der Waals surface area contributed by atoms with Crippen molar-refractivity contribution in [3.8, 4) is 0 Å². The number of piperazine rings is 1. The van der Waals surface area contributed by atoms with Gasteiger partial charge in [0.15, 0.2) is 0 Å². The third-order valence-corrected chi connectivity index (χ3v) is 6.30. The van der Waals surface area contributed by atoms with Crippen LogP contribution in [0.1, 0.15) is 34.5 Å². The van der Waals surface area contributed by atoms with Gasteiger partial charge in [-0.25, -0.2) is 0 Å². The van der Waals surface area contributed by atoms with Crippen LogP contribution in [0.3, 0.4) is 0 Å². The first kappa shape index (κ1) is 23.0. The topological polar surface area (TPSA) is 52.7 Å². The maximum absolute atomic E-state index is 13.0. The largest absolute Gasteiger partial charge is 0.341 e. The number of halogens is 1. The van der Waals surface area contributed by atoms with Gasteiger partial charge in [0.2, 0.25) is 5.91 Å². The van der Waals surface area contributed by atoms with E-state index < -0.39 is 6.04 Å². The molecule has 1 aliphatic rings. The minimum absolute atomic E-state index is 0.0621. The van der Waals surface area contributed by atoms with Crippen LogP contribution in [-0.2, 0) is 4.79 Å². The number of carbonyl (C=O) groups excluding carboxylic acids is 2. The van der Waals surface area contributed by atoms with E-state index in [1.165, 1.54) is 11.1 Å². The molecule has 1 atom stereocenters. The third kappa shape index (κ3) is 5.62. The standard InChI is InChI=1S/C27H28ClN3O2/c1-20(29-26(32)23-12-14-24(28)15-13-23)27(33)31-18-16-30(17-19-31)25(21-8-4-2-5-9-21)22-10-6-3-7-11-22/h2-15,20,25H,16-19H2,1H3,(H,29,32). The number of amides is 2. The van der Waals surface area contributed by atoms with Crippen molar-refractivity contribution in [2.24, 2.45) is 0 Å². The molecule has 6 heteroatoms. The zero-order valence-corrected chi connectivity index (χ0v) is 19.4. The van der Waals surface area contributed by atoms with Gasteiger partial charge >= 0.3 is 0 Å². The van der Waals surface area contributed by atoms with E-state index in [4.69, 9.17) is 11.6 Å². The molecule has 0 bridgehead atoms. The molecule has 3 aromatic rings. The second-order valence-electron chi connectivity index (χ2n) is 8.29. The van der Waals surface area contributed by atoms with Crippen LogP contribution >= 0.6 is 11.6 Å². The summed E-state index contributed by atoms with van der Waals surface area (Å²) in [6.07, 6.45) is 0. The quantitative estimate of drug-likeness (QED) is 0.592. The number of hydrogen-bond donors (Lipinski definition) is 1. The smallest absolute Gasteiger partial charge is 0.251 e. The minimum atomic E-state index is -0.598. The highest BCUT2D eigenvalue weighted by Gasteiger charge is 2.30. The first-order valence-corrected chi connectivity index (χ1v) is 11.6. The van der Waals surface area contributed by atoms with Gasteiger partial charge < -0.3 is 10.2 Å². The van der Waals surface area contributed by atoms with E-state index in [9.17, 15) is 9.59 Å². The summed E-state index contributed by atoms with van der Waals surface area (Å²) in [7, 11) is 0. The van der Waals surface area contributed by atoms with E-state index in [-0.39, 0.29) is 17.9 Å². The van der Waals surface area contributed by atoms with E-state index in [0.29, 0.717) is 23.7 Å². The van der Waals surface area contributed by atoms with Crippen LogP contribution in [0.2, 0.25) is 5.02 Å². The van der Waals surface area contributed by atoms with Crippen LogP contribution in [0, 0.1) is 0 Å². The van der Waals surface area contributed by atoms with Crippen molar-refractivity contribution in [3.63, 3.8) is 0 Å². The van der Waals surface area contributed by atoms with Gasteiger partial charge in [0.25, 0.3) is 5.91 Å². The Morgan fingerprint density at radius 2 is 1.30 bits per heavy atom. The van der Waals surface area contributed by atoms with Crippen molar-refractivity contribution in [3.05, 3.63) is 107 Å². The summed E-state index contributed by atoms with van der Waals surface area (Å²) < 4.78 is 0. The maximum atomic E-state index is 13.0. The first-order valence-electron chi connectivity index (χ1n) is 11.2. The highest BCUT2D eigenvalue weighted by molar-refractivity contribution is 6.30. The summed E-state index contributed by atoms with van der Waals surface area (Å²) >= 11 is 5.89. The summed E-state index contributed by atoms with van der Waals surface area (Å²) in [5, 5.41) is 3.38. The molecule has 0 spiro atoms. The monoisotopic (exact) mass is 461 g/mol. The van der Waals surface area contributed by atoms with Gasteiger partial charge in [-0.3, -0.25) is 14.5 Å². The van der Waals surface area contributed by atoms with Gasteiger partial charge in [-0.15, -0.1) is 0 Å². The van der Waals surface area contributed by atoms with Crippen molar-refractivity contribution in [2.75, 3.05) is 26.2 Å². The molecule has 3 aromatic carbocycles. The second-order valence-corrected chi connectivity index (χ2v) is 8.72. The van der Waals surface area contributed by atoms with Gasteiger partial charge in [-0.2, -0.15) is 0 Å². The molecule has 0 saturated carbocycles. The van der Waals surface area contributed by atoms with E-state index in [2.05, 4.69) is 58.7 Å². The normalized spacial score (nSPS) is 15.3. The van der Waals surface area contributed by atoms with Crippen molar-refractivity contribution in [1.82, 2.24) is 15.1 Å². The van der Waals surface area contributed by atoms with Crippen LogP contribution in [0.25, 0.3) is 0 Å². The number of nitrogens with one attached hydrogen (secondary N) is 1. The Labute approximate surface area is 200 Å². The lowest BCUT2D eigenvalue weighted by molar-refractivity contribution is -0.134. The van der Waals surface area contributed by atoms with Crippen molar-refractivity contribution in [2.45, 2.75) is 19.0 Å². The molecule has 4 rings (SSSR count). The molecule has 1 saturated heterocycles. The molecule has 1 fully saturated rings. The fourth-order valence-electron chi connectivity index (χ4n) is 4.30. The van der Waals surface area contributed by atoms with Gasteiger partial charge in [0, 0.05) is 36.8 Å². The molecule has 5 nitrogen and oxygen atoms in total. The Morgan fingerprint density at radius 1 is 0.788 bits per heavy atom. The Hall–Kier alpha value is -3.15. The summed E-state index contributed by atoms with van der Waals surface area (Å²) in [4.78, 5) is 29.7. The lowest BCUT2D eigenvalue weighted by atomic mass is 9.96. The highest BCUT2D eigenvalue weighted by Crippen LogP contribution is 2.29. The highest BCUT2D eigenvalue weighted by atomic mass is 35.5. The van der Waals surface area contributed by atoms with E-state index in [0.717, 1.165) is 13.1 Å². The van der Waals surface area contributed by atoms with Crippen molar-refractivity contribution >= 4 is 23.4 Å². The Bertz CT molecular complexity index is 1030. The lowest BCUT2D eigenvalue weighted by Crippen LogP contribution is -2.54. The molecular formula is C27H28ClN3O2. The molecule has 1 aliphatic heterocycles. The van der Waals surface area contributed by atoms with E-state index >= 15 is 0 Å². The van der Waals surface area contributed by atoms with Gasteiger partial charge in [0.05, 0.1) is 6.04 Å². The van der Waals surface area contributed by atoms with Gasteiger partial charge in [0.1, 0.15) is 6.04 Å². The van der Waals surface area contributed by atoms with Crippen LogP contribution < -0.4 is 5.32 Å². The molecule has 1 heterocycles. The Morgan fingerprint density at radius 3 is 1.82 bits per heavy atom. The predicted octanol–water partition coefficient (Wildman–Crippen LogP) is 4.39.